The summed E-state index contributed by atoms with van der Waals surface area (Å²) < 4.78 is 0. The molecule has 0 aromatic heterocycles. The first-order valence-electron chi connectivity index (χ1n) is 7.79. The van der Waals surface area contributed by atoms with Gasteiger partial charge >= 0.3 is 0 Å². The molecule has 4 heteroatoms. The standard InChI is InChI=1S/C17H26N2OS/c1-3-21-15-10-9-14(11-15)19(2)17(20)12-16(18)13-7-5-4-6-8-13/h4-8,14-16H,3,9-12,18H2,1-2H3/t14-,15-,16+/m1/s1. The molecule has 0 radical (unpaired) electrons. The molecule has 0 heterocycles. The average Bonchev–Trinajstić information content (AvgIpc) is 2.96. The van der Waals surface area contributed by atoms with Gasteiger partial charge in [0.2, 0.25) is 5.91 Å². The van der Waals surface area contributed by atoms with Crippen molar-refractivity contribution < 1.29 is 4.79 Å². The molecule has 1 aliphatic rings. The van der Waals surface area contributed by atoms with Gasteiger partial charge < -0.3 is 10.6 Å². The molecule has 2 rings (SSSR count). The summed E-state index contributed by atoms with van der Waals surface area (Å²) >= 11 is 2.02. The van der Waals surface area contributed by atoms with Gasteiger partial charge in [-0.1, -0.05) is 37.3 Å². The Morgan fingerprint density at radius 1 is 1.38 bits per heavy atom. The lowest BCUT2D eigenvalue weighted by molar-refractivity contribution is -0.132. The quantitative estimate of drug-likeness (QED) is 0.878. The Bertz CT molecular complexity index is 451. The van der Waals surface area contributed by atoms with Crippen molar-refractivity contribution in [1.29, 1.82) is 0 Å². The Balaban J connectivity index is 1.86. The number of carbonyl (C=O) groups is 1. The molecule has 1 amide bonds. The summed E-state index contributed by atoms with van der Waals surface area (Å²) in [5.74, 6) is 1.33. The molecule has 0 saturated heterocycles. The van der Waals surface area contributed by atoms with Gasteiger partial charge in [0.1, 0.15) is 0 Å². The van der Waals surface area contributed by atoms with Gasteiger partial charge in [0.25, 0.3) is 0 Å². The molecule has 3 nitrogen and oxygen atoms in total. The Hall–Kier alpha value is -1.00. The first kappa shape index (κ1) is 16.4. The third kappa shape index (κ3) is 4.48. The summed E-state index contributed by atoms with van der Waals surface area (Å²) in [5.41, 5.74) is 7.19. The minimum Gasteiger partial charge on any atom is -0.343 e. The summed E-state index contributed by atoms with van der Waals surface area (Å²) in [6, 6.07) is 10.1. The molecular formula is C17H26N2OS. The highest BCUT2D eigenvalue weighted by Gasteiger charge is 2.30. The van der Waals surface area contributed by atoms with Gasteiger partial charge in [-0.25, -0.2) is 0 Å². The summed E-state index contributed by atoms with van der Waals surface area (Å²) in [4.78, 5) is 14.3. The summed E-state index contributed by atoms with van der Waals surface area (Å²) in [6.45, 7) is 2.20. The Labute approximate surface area is 132 Å². The second-order valence-corrected chi connectivity index (χ2v) is 7.35. The van der Waals surface area contributed by atoms with Gasteiger partial charge in [-0.2, -0.15) is 11.8 Å². The second kappa shape index (κ2) is 7.85. The highest BCUT2D eigenvalue weighted by atomic mass is 32.2. The molecule has 3 atom stereocenters. The number of nitrogens with two attached hydrogens (primary N) is 1. The van der Waals surface area contributed by atoms with Gasteiger partial charge in [0.05, 0.1) is 0 Å². The molecule has 0 bridgehead atoms. The number of nitrogens with zero attached hydrogens (tertiary/aromatic N) is 1. The number of amides is 1. The molecule has 1 aromatic rings. The van der Waals surface area contributed by atoms with Gasteiger partial charge in [-0.15, -0.1) is 0 Å². The lowest BCUT2D eigenvalue weighted by atomic mass is 10.0. The second-order valence-electron chi connectivity index (χ2n) is 5.77. The van der Waals surface area contributed by atoms with Crippen LogP contribution in [0.1, 0.15) is 44.2 Å². The van der Waals surface area contributed by atoms with Gasteiger partial charge in [-0.05, 0) is 30.6 Å². The van der Waals surface area contributed by atoms with Crippen LogP contribution in [0.15, 0.2) is 30.3 Å². The molecule has 1 aliphatic carbocycles. The molecular weight excluding hydrogens is 280 g/mol. The maximum absolute atomic E-state index is 12.4. The van der Waals surface area contributed by atoms with Crippen LogP contribution in [0.2, 0.25) is 0 Å². The van der Waals surface area contributed by atoms with Crippen molar-refractivity contribution >= 4 is 17.7 Å². The predicted octanol–water partition coefficient (Wildman–Crippen LogP) is 3.21. The van der Waals surface area contributed by atoms with Crippen LogP contribution < -0.4 is 5.73 Å². The van der Waals surface area contributed by atoms with Crippen LogP contribution >= 0.6 is 11.8 Å². The first-order chi connectivity index (χ1) is 10.1. The van der Waals surface area contributed by atoms with Crippen LogP contribution in [0.3, 0.4) is 0 Å². The molecule has 1 fully saturated rings. The fourth-order valence-corrected chi connectivity index (χ4v) is 4.14. The lowest BCUT2D eigenvalue weighted by Crippen LogP contribution is -2.37. The van der Waals surface area contributed by atoms with Crippen molar-refractivity contribution in [3.8, 4) is 0 Å². The maximum atomic E-state index is 12.4. The zero-order valence-electron chi connectivity index (χ0n) is 13.0. The van der Waals surface area contributed by atoms with E-state index < -0.39 is 0 Å². The normalized spacial score (nSPS) is 23.0. The molecule has 0 spiro atoms. The number of hydrogen-bond acceptors (Lipinski definition) is 3. The Kier molecular flexibility index (Phi) is 6.12. The lowest BCUT2D eigenvalue weighted by Gasteiger charge is -2.26. The van der Waals surface area contributed by atoms with E-state index >= 15 is 0 Å². The monoisotopic (exact) mass is 306 g/mol. The van der Waals surface area contributed by atoms with E-state index in [1.165, 1.54) is 6.42 Å². The van der Waals surface area contributed by atoms with Crippen molar-refractivity contribution in [3.63, 3.8) is 0 Å². The van der Waals surface area contributed by atoms with E-state index in [9.17, 15) is 4.79 Å². The van der Waals surface area contributed by atoms with Crippen molar-refractivity contribution in [2.24, 2.45) is 5.73 Å². The molecule has 1 aromatic carbocycles. The number of benzene rings is 1. The molecule has 1 saturated carbocycles. The van der Waals surface area contributed by atoms with Crippen molar-refractivity contribution in [3.05, 3.63) is 35.9 Å². The molecule has 116 valence electrons. The number of carbonyl (C=O) groups excluding carboxylic acids is 1. The fourth-order valence-electron chi connectivity index (χ4n) is 3.01. The van der Waals surface area contributed by atoms with Gasteiger partial charge in [-0.3, -0.25) is 4.79 Å². The average molecular weight is 306 g/mol. The van der Waals surface area contributed by atoms with Crippen LogP contribution in [-0.2, 0) is 4.79 Å². The molecule has 2 N–H and O–H groups in total. The van der Waals surface area contributed by atoms with E-state index in [0.717, 1.165) is 29.4 Å². The van der Waals surface area contributed by atoms with E-state index in [1.54, 1.807) is 0 Å². The topological polar surface area (TPSA) is 46.3 Å². The van der Waals surface area contributed by atoms with Crippen LogP contribution in [0.25, 0.3) is 0 Å². The van der Waals surface area contributed by atoms with Crippen molar-refractivity contribution in [2.75, 3.05) is 12.8 Å². The van der Waals surface area contributed by atoms with E-state index in [1.807, 2.05) is 54.0 Å². The van der Waals surface area contributed by atoms with Gasteiger partial charge in [0, 0.05) is 30.8 Å². The van der Waals surface area contributed by atoms with E-state index in [-0.39, 0.29) is 11.9 Å². The maximum Gasteiger partial charge on any atom is 0.224 e. The SMILES string of the molecule is CCS[C@@H]1CC[C@@H](N(C)C(=O)C[C@H](N)c2ccccc2)C1. The predicted molar refractivity (Wildman–Crippen MR) is 90.3 cm³/mol. The third-order valence-corrected chi connectivity index (χ3v) is 5.56. The summed E-state index contributed by atoms with van der Waals surface area (Å²) in [5, 5.41) is 0.720. The number of rotatable bonds is 6. The van der Waals surface area contributed by atoms with Crippen LogP contribution in [0.4, 0.5) is 0 Å². The van der Waals surface area contributed by atoms with Gasteiger partial charge in [0.15, 0.2) is 0 Å². The molecule has 0 aliphatic heterocycles. The Morgan fingerprint density at radius 2 is 2.10 bits per heavy atom. The van der Waals surface area contributed by atoms with Crippen molar-refractivity contribution in [2.45, 2.75) is 49.9 Å². The number of thioether (sulfide) groups is 1. The minimum atomic E-state index is -0.205. The van der Waals surface area contributed by atoms with Crippen molar-refractivity contribution in [1.82, 2.24) is 4.90 Å². The smallest absolute Gasteiger partial charge is 0.224 e. The Morgan fingerprint density at radius 3 is 2.76 bits per heavy atom. The van der Waals surface area contributed by atoms with E-state index in [0.29, 0.717) is 12.5 Å². The van der Waals surface area contributed by atoms with E-state index in [4.69, 9.17) is 5.73 Å². The fraction of sp³-hybridized carbons (Fsp3) is 0.588. The van der Waals surface area contributed by atoms with Crippen LogP contribution in [0, 0.1) is 0 Å². The van der Waals surface area contributed by atoms with E-state index in [2.05, 4.69) is 6.92 Å². The highest BCUT2D eigenvalue weighted by molar-refractivity contribution is 7.99. The minimum absolute atomic E-state index is 0.165. The molecule has 0 unspecified atom stereocenters. The third-order valence-electron chi connectivity index (χ3n) is 4.32. The zero-order valence-corrected chi connectivity index (χ0v) is 13.8. The van der Waals surface area contributed by atoms with Crippen LogP contribution in [-0.4, -0.2) is 34.9 Å². The zero-order chi connectivity index (χ0) is 15.2. The largest absolute Gasteiger partial charge is 0.343 e. The first-order valence-corrected chi connectivity index (χ1v) is 8.84. The summed E-state index contributed by atoms with van der Waals surface area (Å²) in [7, 11) is 1.93. The number of hydrogen-bond donors (Lipinski definition) is 1. The highest BCUT2D eigenvalue weighted by Crippen LogP contribution is 2.32. The summed E-state index contributed by atoms with van der Waals surface area (Å²) in [6.07, 6.45) is 3.87. The van der Waals surface area contributed by atoms with Crippen LogP contribution in [0.5, 0.6) is 0 Å². The molecule has 21 heavy (non-hydrogen) atoms.